The average molecular weight is 341 g/mol. The standard InChI is InChI=1S/C21H15N3O2/c25-19(12-11-15-6-2-1-3-7-15)23-17-9-4-8-16(14-17)21-24-20-18(26-21)10-5-13-22-20/h1-14H,(H,23,25). The summed E-state index contributed by atoms with van der Waals surface area (Å²) < 4.78 is 5.72. The first-order valence-corrected chi connectivity index (χ1v) is 8.14. The molecule has 2 aromatic heterocycles. The molecule has 0 atom stereocenters. The summed E-state index contributed by atoms with van der Waals surface area (Å²) in [4.78, 5) is 20.7. The molecule has 5 nitrogen and oxygen atoms in total. The number of hydrogen-bond donors (Lipinski definition) is 1. The van der Waals surface area contributed by atoms with Crippen LogP contribution in [0.1, 0.15) is 5.56 Å². The lowest BCUT2D eigenvalue weighted by Gasteiger charge is -2.03. The topological polar surface area (TPSA) is 68.0 Å². The lowest BCUT2D eigenvalue weighted by Crippen LogP contribution is -2.07. The average Bonchev–Trinajstić information content (AvgIpc) is 3.12. The van der Waals surface area contributed by atoms with Gasteiger partial charge < -0.3 is 9.73 Å². The summed E-state index contributed by atoms with van der Waals surface area (Å²) in [5, 5.41) is 2.85. The second-order valence-electron chi connectivity index (χ2n) is 5.66. The van der Waals surface area contributed by atoms with Crippen LogP contribution in [-0.2, 0) is 4.79 Å². The highest BCUT2D eigenvalue weighted by atomic mass is 16.3. The normalized spacial score (nSPS) is 11.1. The molecule has 0 aliphatic heterocycles. The van der Waals surface area contributed by atoms with Crippen LogP contribution in [0.25, 0.3) is 28.8 Å². The number of nitrogens with zero attached hydrogens (tertiary/aromatic N) is 2. The van der Waals surface area contributed by atoms with Crippen molar-refractivity contribution in [3.63, 3.8) is 0 Å². The monoisotopic (exact) mass is 341 g/mol. The zero-order chi connectivity index (χ0) is 17.8. The van der Waals surface area contributed by atoms with E-state index in [2.05, 4.69) is 15.3 Å². The Morgan fingerprint density at radius 1 is 1.00 bits per heavy atom. The summed E-state index contributed by atoms with van der Waals surface area (Å²) in [5.74, 6) is 0.264. The lowest BCUT2D eigenvalue weighted by atomic mass is 10.2. The predicted molar refractivity (Wildman–Crippen MR) is 101 cm³/mol. The minimum absolute atomic E-state index is 0.203. The van der Waals surface area contributed by atoms with Gasteiger partial charge in [-0.2, -0.15) is 4.98 Å². The second kappa shape index (κ2) is 7.03. The van der Waals surface area contributed by atoms with E-state index in [-0.39, 0.29) is 5.91 Å². The fraction of sp³-hybridized carbons (Fsp3) is 0. The number of rotatable bonds is 4. The molecule has 4 rings (SSSR count). The number of benzene rings is 2. The Kier molecular flexibility index (Phi) is 4.26. The molecule has 1 N–H and O–H groups in total. The SMILES string of the molecule is O=C(C=Cc1ccccc1)Nc1cccc(-c2nc3ncccc3o2)c1. The fourth-order valence-corrected chi connectivity index (χ4v) is 2.54. The van der Waals surface area contributed by atoms with Crippen LogP contribution < -0.4 is 5.32 Å². The molecular formula is C21H15N3O2. The number of aromatic nitrogens is 2. The summed E-state index contributed by atoms with van der Waals surface area (Å²) in [6, 6.07) is 20.6. The number of carbonyl (C=O) groups excluding carboxylic acids is 1. The van der Waals surface area contributed by atoms with Gasteiger partial charge in [0.1, 0.15) is 0 Å². The Morgan fingerprint density at radius 2 is 1.88 bits per heavy atom. The molecular weight excluding hydrogens is 326 g/mol. The molecule has 126 valence electrons. The molecule has 26 heavy (non-hydrogen) atoms. The lowest BCUT2D eigenvalue weighted by molar-refractivity contribution is -0.111. The van der Waals surface area contributed by atoms with Gasteiger partial charge >= 0.3 is 0 Å². The molecule has 0 aliphatic rings. The van der Waals surface area contributed by atoms with Crippen molar-refractivity contribution in [1.82, 2.24) is 9.97 Å². The Morgan fingerprint density at radius 3 is 2.73 bits per heavy atom. The van der Waals surface area contributed by atoms with Gasteiger partial charge in [-0.25, -0.2) is 4.98 Å². The number of nitrogens with one attached hydrogen (secondary N) is 1. The van der Waals surface area contributed by atoms with Gasteiger partial charge in [0.15, 0.2) is 11.2 Å². The van der Waals surface area contributed by atoms with Gasteiger partial charge in [0.25, 0.3) is 0 Å². The van der Waals surface area contributed by atoms with E-state index < -0.39 is 0 Å². The van der Waals surface area contributed by atoms with Crippen molar-refractivity contribution in [2.24, 2.45) is 0 Å². The Balaban J connectivity index is 1.52. The molecule has 0 radical (unpaired) electrons. The van der Waals surface area contributed by atoms with E-state index in [1.165, 1.54) is 6.08 Å². The molecule has 0 bridgehead atoms. The maximum atomic E-state index is 12.1. The van der Waals surface area contributed by atoms with Crippen LogP contribution in [-0.4, -0.2) is 15.9 Å². The van der Waals surface area contributed by atoms with Crippen molar-refractivity contribution in [2.45, 2.75) is 0 Å². The maximum Gasteiger partial charge on any atom is 0.248 e. The zero-order valence-electron chi connectivity index (χ0n) is 13.8. The van der Waals surface area contributed by atoms with Crippen LogP contribution in [0.3, 0.4) is 0 Å². The number of oxazole rings is 1. The molecule has 5 heteroatoms. The van der Waals surface area contributed by atoms with Crippen molar-refractivity contribution in [3.8, 4) is 11.5 Å². The summed E-state index contributed by atoms with van der Waals surface area (Å²) >= 11 is 0. The highest BCUT2D eigenvalue weighted by Gasteiger charge is 2.09. The first kappa shape index (κ1) is 15.8. The van der Waals surface area contributed by atoms with E-state index in [9.17, 15) is 4.79 Å². The van der Waals surface area contributed by atoms with E-state index in [0.29, 0.717) is 22.8 Å². The van der Waals surface area contributed by atoms with Crippen LogP contribution >= 0.6 is 0 Å². The Bertz CT molecular complexity index is 1050. The third kappa shape index (κ3) is 3.52. The number of anilines is 1. The molecule has 0 unspecified atom stereocenters. The summed E-state index contributed by atoms with van der Waals surface area (Å²) in [7, 11) is 0. The van der Waals surface area contributed by atoms with Crippen LogP contribution in [0.4, 0.5) is 5.69 Å². The smallest absolute Gasteiger partial charge is 0.248 e. The van der Waals surface area contributed by atoms with Crippen LogP contribution in [0.5, 0.6) is 0 Å². The minimum atomic E-state index is -0.203. The van der Waals surface area contributed by atoms with Gasteiger partial charge in [-0.05, 0) is 42.0 Å². The third-order valence-corrected chi connectivity index (χ3v) is 3.77. The van der Waals surface area contributed by atoms with E-state index in [1.54, 1.807) is 18.3 Å². The summed E-state index contributed by atoms with van der Waals surface area (Å²) in [6.07, 6.45) is 4.95. The first-order valence-electron chi connectivity index (χ1n) is 8.14. The minimum Gasteiger partial charge on any atom is -0.434 e. The van der Waals surface area contributed by atoms with Crippen molar-refractivity contribution >= 4 is 28.9 Å². The second-order valence-corrected chi connectivity index (χ2v) is 5.66. The van der Waals surface area contributed by atoms with Crippen molar-refractivity contribution < 1.29 is 9.21 Å². The molecule has 0 saturated carbocycles. The Hall–Kier alpha value is -3.73. The van der Waals surface area contributed by atoms with Crippen LogP contribution in [0.15, 0.2) is 83.4 Å². The predicted octanol–water partition coefficient (Wildman–Crippen LogP) is 4.54. The number of amides is 1. The molecule has 0 spiro atoms. The maximum absolute atomic E-state index is 12.1. The van der Waals surface area contributed by atoms with Gasteiger partial charge in [-0.15, -0.1) is 0 Å². The van der Waals surface area contributed by atoms with Gasteiger partial charge in [-0.3, -0.25) is 4.79 Å². The molecule has 0 aliphatic carbocycles. The quantitative estimate of drug-likeness (QED) is 0.553. The van der Waals surface area contributed by atoms with E-state index in [1.807, 2.05) is 60.7 Å². The van der Waals surface area contributed by atoms with Gasteiger partial charge in [0, 0.05) is 23.5 Å². The zero-order valence-corrected chi connectivity index (χ0v) is 13.8. The van der Waals surface area contributed by atoms with E-state index in [4.69, 9.17) is 4.42 Å². The number of hydrogen-bond acceptors (Lipinski definition) is 4. The van der Waals surface area contributed by atoms with Crippen molar-refractivity contribution in [3.05, 3.63) is 84.6 Å². The molecule has 0 saturated heterocycles. The summed E-state index contributed by atoms with van der Waals surface area (Å²) in [5.41, 5.74) is 3.59. The largest absolute Gasteiger partial charge is 0.434 e. The summed E-state index contributed by atoms with van der Waals surface area (Å²) in [6.45, 7) is 0. The van der Waals surface area contributed by atoms with Gasteiger partial charge in [-0.1, -0.05) is 36.4 Å². The highest BCUT2D eigenvalue weighted by molar-refractivity contribution is 6.02. The Labute approximate surface area is 150 Å². The van der Waals surface area contributed by atoms with Gasteiger partial charge in [0.05, 0.1) is 0 Å². The van der Waals surface area contributed by atoms with E-state index in [0.717, 1.165) is 11.1 Å². The van der Waals surface area contributed by atoms with Crippen LogP contribution in [0, 0.1) is 0 Å². The van der Waals surface area contributed by atoms with E-state index >= 15 is 0 Å². The highest BCUT2D eigenvalue weighted by Crippen LogP contribution is 2.25. The number of fused-ring (bicyclic) bond motifs is 1. The van der Waals surface area contributed by atoms with Crippen molar-refractivity contribution in [1.29, 1.82) is 0 Å². The molecule has 2 aromatic carbocycles. The van der Waals surface area contributed by atoms with Crippen LogP contribution in [0.2, 0.25) is 0 Å². The number of pyridine rings is 1. The van der Waals surface area contributed by atoms with Gasteiger partial charge in [0.2, 0.25) is 11.8 Å². The molecule has 0 fully saturated rings. The fourth-order valence-electron chi connectivity index (χ4n) is 2.54. The molecule has 2 heterocycles. The number of carbonyl (C=O) groups is 1. The molecule has 1 amide bonds. The first-order chi connectivity index (χ1) is 12.8. The molecule has 4 aromatic rings. The third-order valence-electron chi connectivity index (χ3n) is 3.77. The van der Waals surface area contributed by atoms with Crippen molar-refractivity contribution in [2.75, 3.05) is 5.32 Å².